The topological polar surface area (TPSA) is 52.4 Å². The molecule has 116 valence electrons. The summed E-state index contributed by atoms with van der Waals surface area (Å²) >= 11 is 0. The average Bonchev–Trinajstić information content (AvgIpc) is 2.59. The van der Waals surface area contributed by atoms with E-state index in [9.17, 15) is 10.1 Å². The SMILES string of the molecule is CCCOc1ccc2ccccc2c1-c1cccc([N+](=O)[O-])c1. The number of nitro groups is 1. The van der Waals surface area contributed by atoms with Gasteiger partial charge in [-0.1, -0.05) is 49.4 Å². The number of nitro benzene ring substituents is 1. The van der Waals surface area contributed by atoms with Gasteiger partial charge in [-0.3, -0.25) is 10.1 Å². The smallest absolute Gasteiger partial charge is 0.270 e. The third-order valence-corrected chi connectivity index (χ3v) is 3.70. The highest BCUT2D eigenvalue weighted by Gasteiger charge is 2.14. The minimum absolute atomic E-state index is 0.0804. The average molecular weight is 307 g/mol. The summed E-state index contributed by atoms with van der Waals surface area (Å²) in [5.41, 5.74) is 1.78. The molecule has 4 nitrogen and oxygen atoms in total. The Balaban J connectivity index is 2.24. The van der Waals surface area contributed by atoms with Crippen LogP contribution in [0.15, 0.2) is 60.7 Å². The third-order valence-electron chi connectivity index (χ3n) is 3.70. The van der Waals surface area contributed by atoms with Gasteiger partial charge in [-0.25, -0.2) is 0 Å². The van der Waals surface area contributed by atoms with E-state index in [0.29, 0.717) is 6.61 Å². The fourth-order valence-electron chi connectivity index (χ4n) is 2.66. The second kappa shape index (κ2) is 6.48. The van der Waals surface area contributed by atoms with E-state index in [1.165, 1.54) is 6.07 Å². The quantitative estimate of drug-likeness (QED) is 0.480. The van der Waals surface area contributed by atoms with Gasteiger partial charge < -0.3 is 4.74 Å². The van der Waals surface area contributed by atoms with E-state index < -0.39 is 0 Å². The number of hydrogen-bond acceptors (Lipinski definition) is 3. The monoisotopic (exact) mass is 307 g/mol. The molecule has 0 radical (unpaired) electrons. The van der Waals surface area contributed by atoms with Crippen molar-refractivity contribution in [3.63, 3.8) is 0 Å². The van der Waals surface area contributed by atoms with Crippen LogP contribution >= 0.6 is 0 Å². The van der Waals surface area contributed by atoms with Gasteiger partial charge in [0.25, 0.3) is 5.69 Å². The van der Waals surface area contributed by atoms with E-state index in [0.717, 1.165) is 34.1 Å². The van der Waals surface area contributed by atoms with Crippen molar-refractivity contribution < 1.29 is 9.66 Å². The first-order valence-electron chi connectivity index (χ1n) is 7.60. The molecule has 0 heterocycles. The first-order valence-corrected chi connectivity index (χ1v) is 7.60. The predicted molar refractivity (Wildman–Crippen MR) is 91.8 cm³/mol. The lowest BCUT2D eigenvalue weighted by molar-refractivity contribution is -0.384. The van der Waals surface area contributed by atoms with E-state index in [2.05, 4.69) is 0 Å². The Kier molecular flexibility index (Phi) is 4.24. The maximum atomic E-state index is 11.1. The molecule has 0 aliphatic rings. The van der Waals surface area contributed by atoms with Crippen molar-refractivity contribution in [2.24, 2.45) is 0 Å². The maximum absolute atomic E-state index is 11.1. The lowest BCUT2D eigenvalue weighted by Gasteiger charge is -2.14. The Hall–Kier alpha value is -2.88. The Morgan fingerprint density at radius 3 is 2.65 bits per heavy atom. The number of nitrogens with zero attached hydrogens (tertiary/aromatic N) is 1. The molecule has 0 aliphatic heterocycles. The maximum Gasteiger partial charge on any atom is 0.270 e. The van der Waals surface area contributed by atoms with Gasteiger partial charge in [0.05, 0.1) is 11.5 Å². The minimum Gasteiger partial charge on any atom is -0.493 e. The fourth-order valence-corrected chi connectivity index (χ4v) is 2.66. The van der Waals surface area contributed by atoms with E-state index in [4.69, 9.17) is 4.74 Å². The van der Waals surface area contributed by atoms with Crippen LogP contribution in [-0.4, -0.2) is 11.5 Å². The number of rotatable bonds is 5. The first kappa shape index (κ1) is 15.0. The predicted octanol–water partition coefficient (Wildman–Crippen LogP) is 5.20. The van der Waals surface area contributed by atoms with Gasteiger partial charge >= 0.3 is 0 Å². The number of ether oxygens (including phenoxy) is 1. The van der Waals surface area contributed by atoms with Crippen LogP contribution in [0.5, 0.6) is 5.75 Å². The molecule has 0 amide bonds. The summed E-state index contributed by atoms with van der Waals surface area (Å²) in [6.45, 7) is 2.66. The molecule has 0 aliphatic carbocycles. The molecule has 4 heteroatoms. The summed E-state index contributed by atoms with van der Waals surface area (Å²) in [5, 5.41) is 13.2. The molecule has 0 spiro atoms. The van der Waals surface area contributed by atoms with Crippen molar-refractivity contribution >= 4 is 16.5 Å². The van der Waals surface area contributed by atoms with E-state index in [-0.39, 0.29) is 10.6 Å². The summed E-state index contributed by atoms with van der Waals surface area (Å²) in [7, 11) is 0. The van der Waals surface area contributed by atoms with Gasteiger partial charge in [0.15, 0.2) is 0 Å². The van der Waals surface area contributed by atoms with Crippen molar-refractivity contribution in [1.82, 2.24) is 0 Å². The number of hydrogen-bond donors (Lipinski definition) is 0. The second-order valence-corrected chi connectivity index (χ2v) is 5.32. The second-order valence-electron chi connectivity index (χ2n) is 5.32. The van der Waals surface area contributed by atoms with Crippen LogP contribution in [0.4, 0.5) is 5.69 Å². The van der Waals surface area contributed by atoms with E-state index in [1.54, 1.807) is 12.1 Å². The summed E-state index contributed by atoms with van der Waals surface area (Å²) < 4.78 is 5.88. The van der Waals surface area contributed by atoms with E-state index >= 15 is 0 Å². The van der Waals surface area contributed by atoms with Crippen molar-refractivity contribution in [3.8, 4) is 16.9 Å². The number of non-ortho nitro benzene ring substituents is 1. The van der Waals surface area contributed by atoms with Crippen LogP contribution in [0.1, 0.15) is 13.3 Å². The molecule has 0 saturated heterocycles. The number of fused-ring (bicyclic) bond motifs is 1. The van der Waals surface area contributed by atoms with Crippen molar-refractivity contribution in [3.05, 3.63) is 70.8 Å². The summed E-state index contributed by atoms with van der Waals surface area (Å²) in [6, 6.07) is 18.6. The molecule has 0 fully saturated rings. The summed E-state index contributed by atoms with van der Waals surface area (Å²) in [5.74, 6) is 0.756. The molecule has 0 aromatic heterocycles. The highest BCUT2D eigenvalue weighted by molar-refractivity contribution is 6.00. The zero-order valence-electron chi connectivity index (χ0n) is 12.9. The third kappa shape index (κ3) is 3.01. The first-order chi connectivity index (χ1) is 11.2. The van der Waals surface area contributed by atoms with Gasteiger partial charge in [0.2, 0.25) is 0 Å². The molecule has 3 rings (SSSR count). The lowest BCUT2D eigenvalue weighted by atomic mass is 9.97. The molecule has 0 bridgehead atoms. The van der Waals surface area contributed by atoms with Crippen molar-refractivity contribution in [2.45, 2.75) is 13.3 Å². The zero-order valence-corrected chi connectivity index (χ0v) is 12.9. The van der Waals surface area contributed by atoms with Gasteiger partial charge in [-0.05, 0) is 28.8 Å². The minimum atomic E-state index is -0.374. The molecule has 0 N–H and O–H groups in total. The largest absolute Gasteiger partial charge is 0.493 e. The molecular formula is C19H17NO3. The molecule has 3 aromatic rings. The van der Waals surface area contributed by atoms with Crippen molar-refractivity contribution in [1.29, 1.82) is 0 Å². The highest BCUT2D eigenvalue weighted by Crippen LogP contribution is 2.38. The van der Waals surface area contributed by atoms with Crippen LogP contribution in [-0.2, 0) is 0 Å². The molecular weight excluding hydrogens is 290 g/mol. The van der Waals surface area contributed by atoms with Gasteiger partial charge in [0, 0.05) is 17.7 Å². The summed E-state index contributed by atoms with van der Waals surface area (Å²) in [4.78, 5) is 10.7. The molecule has 0 unspecified atom stereocenters. The van der Waals surface area contributed by atoms with Crippen LogP contribution in [0.3, 0.4) is 0 Å². The molecule has 0 atom stereocenters. The van der Waals surface area contributed by atoms with Crippen LogP contribution in [0, 0.1) is 10.1 Å². The summed E-state index contributed by atoms with van der Waals surface area (Å²) in [6.07, 6.45) is 0.904. The van der Waals surface area contributed by atoms with E-state index in [1.807, 2.05) is 49.4 Å². The van der Waals surface area contributed by atoms with Gasteiger partial charge in [0.1, 0.15) is 5.75 Å². The Labute approximate surface area is 134 Å². The Morgan fingerprint density at radius 2 is 1.87 bits per heavy atom. The van der Waals surface area contributed by atoms with Crippen LogP contribution in [0.25, 0.3) is 21.9 Å². The zero-order chi connectivity index (χ0) is 16.2. The van der Waals surface area contributed by atoms with Crippen LogP contribution < -0.4 is 4.74 Å². The van der Waals surface area contributed by atoms with Crippen LogP contribution in [0.2, 0.25) is 0 Å². The fraction of sp³-hybridized carbons (Fsp3) is 0.158. The normalized spacial score (nSPS) is 10.7. The molecule has 3 aromatic carbocycles. The standard InChI is InChI=1S/C19H17NO3/c1-2-12-23-18-11-10-14-6-3-4-9-17(14)19(18)15-7-5-8-16(13-15)20(21)22/h3-11,13H,2,12H2,1H3. The molecule has 0 saturated carbocycles. The highest BCUT2D eigenvalue weighted by atomic mass is 16.6. The Bertz CT molecular complexity index is 858. The van der Waals surface area contributed by atoms with Gasteiger partial charge in [-0.15, -0.1) is 0 Å². The Morgan fingerprint density at radius 1 is 1.04 bits per heavy atom. The van der Waals surface area contributed by atoms with Crippen molar-refractivity contribution in [2.75, 3.05) is 6.61 Å². The van der Waals surface area contributed by atoms with Gasteiger partial charge in [-0.2, -0.15) is 0 Å². The molecule has 23 heavy (non-hydrogen) atoms. The lowest BCUT2D eigenvalue weighted by Crippen LogP contribution is -1.98. The number of benzene rings is 3.